The zero-order valence-electron chi connectivity index (χ0n) is 19.1. The van der Waals surface area contributed by atoms with E-state index in [9.17, 15) is 35.9 Å². The highest BCUT2D eigenvalue weighted by atomic mass is 19.4. The number of esters is 1. The van der Waals surface area contributed by atoms with Gasteiger partial charge in [-0.2, -0.15) is 26.3 Å². The van der Waals surface area contributed by atoms with Crippen molar-refractivity contribution in [3.63, 3.8) is 0 Å². The standard InChI is InChI=1S/C23H27F6N3O3/c1-35-21(34)16-4-7-31(8-5-16)9-10-32-6-2-3-19(32)20(33)30-14-15-11-17(22(24,25)26)13-18(12-15)23(27,28)29/h2-3,11-13,16,19H,4-10,14H2,1H3,(H,30,33)/t19-/m0/s1. The molecule has 1 fully saturated rings. The molecule has 12 heteroatoms. The van der Waals surface area contributed by atoms with Crippen molar-refractivity contribution in [2.24, 2.45) is 5.92 Å². The maximum absolute atomic E-state index is 13.1. The van der Waals surface area contributed by atoms with E-state index in [2.05, 4.69) is 10.2 Å². The van der Waals surface area contributed by atoms with Gasteiger partial charge in [0.2, 0.25) is 5.91 Å². The lowest BCUT2D eigenvalue weighted by Crippen LogP contribution is -2.47. The van der Waals surface area contributed by atoms with E-state index in [4.69, 9.17) is 4.74 Å². The normalized spacial score (nSPS) is 20.3. The fourth-order valence-electron chi connectivity index (χ4n) is 4.29. The van der Waals surface area contributed by atoms with Crippen molar-refractivity contribution in [3.05, 3.63) is 47.0 Å². The summed E-state index contributed by atoms with van der Waals surface area (Å²) in [6.07, 6.45) is -5.07. The van der Waals surface area contributed by atoms with Crippen LogP contribution >= 0.6 is 0 Å². The first-order chi connectivity index (χ1) is 16.4. The molecule has 2 aliphatic heterocycles. The summed E-state index contributed by atoms with van der Waals surface area (Å²) in [6.45, 7) is 2.66. The Kier molecular flexibility index (Phi) is 8.47. The molecule has 6 nitrogen and oxygen atoms in total. The molecule has 35 heavy (non-hydrogen) atoms. The van der Waals surface area contributed by atoms with Crippen LogP contribution in [-0.4, -0.2) is 67.6 Å². The zero-order chi connectivity index (χ0) is 25.8. The van der Waals surface area contributed by atoms with Gasteiger partial charge in [-0.25, -0.2) is 0 Å². The van der Waals surface area contributed by atoms with Gasteiger partial charge in [0.25, 0.3) is 0 Å². The molecule has 1 aromatic carbocycles. The van der Waals surface area contributed by atoms with E-state index in [-0.39, 0.29) is 23.5 Å². The third kappa shape index (κ3) is 7.20. The van der Waals surface area contributed by atoms with Crippen molar-refractivity contribution < 1.29 is 40.7 Å². The monoisotopic (exact) mass is 507 g/mol. The number of hydrogen-bond acceptors (Lipinski definition) is 5. The summed E-state index contributed by atoms with van der Waals surface area (Å²) in [6, 6.07) is 0.599. The van der Waals surface area contributed by atoms with Gasteiger partial charge in [-0.3, -0.25) is 14.5 Å². The van der Waals surface area contributed by atoms with Crippen LogP contribution in [0.2, 0.25) is 0 Å². The van der Waals surface area contributed by atoms with Crippen LogP contribution in [0.1, 0.15) is 29.5 Å². The molecule has 194 valence electrons. The quantitative estimate of drug-likeness (QED) is 0.348. The van der Waals surface area contributed by atoms with Crippen LogP contribution in [0, 0.1) is 5.92 Å². The van der Waals surface area contributed by atoms with E-state index >= 15 is 0 Å². The minimum atomic E-state index is -4.95. The highest BCUT2D eigenvalue weighted by Crippen LogP contribution is 2.36. The molecule has 0 spiro atoms. The molecule has 0 radical (unpaired) electrons. The van der Waals surface area contributed by atoms with E-state index in [1.54, 1.807) is 12.2 Å². The molecule has 1 N–H and O–H groups in total. The second-order valence-electron chi connectivity index (χ2n) is 8.64. The molecule has 1 amide bonds. The van der Waals surface area contributed by atoms with Crippen LogP contribution in [0.3, 0.4) is 0 Å². The van der Waals surface area contributed by atoms with Crippen LogP contribution in [0.25, 0.3) is 0 Å². The molecule has 1 aromatic rings. The van der Waals surface area contributed by atoms with Crippen molar-refractivity contribution in [3.8, 4) is 0 Å². The smallest absolute Gasteiger partial charge is 0.416 e. The molecule has 0 unspecified atom stereocenters. The van der Waals surface area contributed by atoms with Crippen molar-refractivity contribution in [2.45, 2.75) is 37.8 Å². The summed E-state index contributed by atoms with van der Waals surface area (Å²) >= 11 is 0. The van der Waals surface area contributed by atoms with Crippen LogP contribution in [-0.2, 0) is 33.2 Å². The van der Waals surface area contributed by atoms with E-state index in [0.29, 0.717) is 44.6 Å². The predicted molar refractivity (Wildman–Crippen MR) is 114 cm³/mol. The number of ether oxygens (including phenoxy) is 1. The summed E-state index contributed by atoms with van der Waals surface area (Å²) in [7, 11) is 1.36. The van der Waals surface area contributed by atoms with Crippen LogP contribution in [0.5, 0.6) is 0 Å². The third-order valence-electron chi connectivity index (χ3n) is 6.26. The fourth-order valence-corrected chi connectivity index (χ4v) is 4.29. The van der Waals surface area contributed by atoms with Gasteiger partial charge < -0.3 is 15.0 Å². The minimum absolute atomic E-state index is 0.0563. The molecular formula is C23H27F6N3O3. The first-order valence-electron chi connectivity index (χ1n) is 11.2. The molecule has 0 aromatic heterocycles. The van der Waals surface area contributed by atoms with Crippen molar-refractivity contribution in [2.75, 3.05) is 39.8 Å². The number of carbonyl (C=O) groups excluding carboxylic acids is 2. The van der Waals surface area contributed by atoms with Gasteiger partial charge in [-0.05, 0) is 49.7 Å². The molecule has 2 aliphatic rings. The van der Waals surface area contributed by atoms with Gasteiger partial charge >= 0.3 is 18.3 Å². The number of likely N-dealkylation sites (tertiary alicyclic amines) is 1. The molecular weight excluding hydrogens is 480 g/mol. The Bertz CT molecular complexity index is 907. The Hall–Kier alpha value is -2.60. The average Bonchev–Trinajstić information content (AvgIpc) is 3.28. The summed E-state index contributed by atoms with van der Waals surface area (Å²) < 4.78 is 83.1. The second-order valence-corrected chi connectivity index (χ2v) is 8.64. The molecule has 3 rings (SSSR count). The van der Waals surface area contributed by atoms with Gasteiger partial charge in [0.1, 0.15) is 6.04 Å². The summed E-state index contributed by atoms with van der Waals surface area (Å²) in [5.41, 5.74) is -3.13. The maximum Gasteiger partial charge on any atom is 0.416 e. The number of hydrogen-bond donors (Lipinski definition) is 1. The lowest BCUT2D eigenvalue weighted by Gasteiger charge is -2.32. The van der Waals surface area contributed by atoms with E-state index < -0.39 is 42.0 Å². The minimum Gasteiger partial charge on any atom is -0.469 e. The fraction of sp³-hybridized carbons (Fsp3) is 0.565. The Labute approximate surface area is 198 Å². The van der Waals surface area contributed by atoms with Gasteiger partial charge in [0, 0.05) is 26.2 Å². The lowest BCUT2D eigenvalue weighted by atomic mass is 9.97. The number of piperidine rings is 1. The Balaban J connectivity index is 1.55. The van der Waals surface area contributed by atoms with E-state index in [1.807, 2.05) is 4.90 Å². The maximum atomic E-state index is 13.1. The number of nitrogens with one attached hydrogen (secondary N) is 1. The molecule has 0 aliphatic carbocycles. The number of halogens is 6. The number of amides is 1. The largest absolute Gasteiger partial charge is 0.469 e. The third-order valence-corrected chi connectivity index (χ3v) is 6.26. The van der Waals surface area contributed by atoms with Crippen LogP contribution < -0.4 is 5.32 Å². The summed E-state index contributed by atoms with van der Waals surface area (Å²) in [4.78, 5) is 28.4. The number of carbonyl (C=O) groups is 2. The van der Waals surface area contributed by atoms with Gasteiger partial charge in [-0.1, -0.05) is 12.2 Å². The molecule has 2 heterocycles. The molecule has 0 bridgehead atoms. The predicted octanol–water partition coefficient (Wildman–Crippen LogP) is 3.47. The first-order valence-corrected chi connectivity index (χ1v) is 11.2. The topological polar surface area (TPSA) is 61.9 Å². The number of benzene rings is 1. The zero-order valence-corrected chi connectivity index (χ0v) is 19.1. The van der Waals surface area contributed by atoms with Crippen molar-refractivity contribution in [1.29, 1.82) is 0 Å². The molecule has 1 saturated heterocycles. The van der Waals surface area contributed by atoms with Crippen LogP contribution in [0.4, 0.5) is 26.3 Å². The van der Waals surface area contributed by atoms with Crippen LogP contribution in [0.15, 0.2) is 30.4 Å². The Morgan fingerprint density at radius 2 is 1.60 bits per heavy atom. The first kappa shape index (κ1) is 27.0. The number of methoxy groups -OCH3 is 1. The van der Waals surface area contributed by atoms with Gasteiger partial charge in [0.05, 0.1) is 24.2 Å². The Morgan fingerprint density at radius 3 is 2.14 bits per heavy atom. The summed E-state index contributed by atoms with van der Waals surface area (Å²) in [5, 5.41) is 2.46. The van der Waals surface area contributed by atoms with Gasteiger partial charge in [0.15, 0.2) is 0 Å². The number of rotatable bonds is 7. The number of nitrogens with zero attached hydrogens (tertiary/aromatic N) is 2. The second kappa shape index (κ2) is 11.0. The lowest BCUT2D eigenvalue weighted by molar-refractivity contribution is -0.147. The molecule has 1 atom stereocenters. The SMILES string of the molecule is COC(=O)C1CCN(CCN2CC=C[C@H]2C(=O)NCc2cc(C(F)(F)F)cc(C(F)(F)F)c2)CC1. The van der Waals surface area contributed by atoms with Crippen molar-refractivity contribution in [1.82, 2.24) is 15.1 Å². The van der Waals surface area contributed by atoms with Gasteiger partial charge in [-0.15, -0.1) is 0 Å². The highest BCUT2D eigenvalue weighted by Gasteiger charge is 2.37. The molecule has 0 saturated carbocycles. The average molecular weight is 507 g/mol. The van der Waals surface area contributed by atoms with E-state index in [0.717, 1.165) is 13.1 Å². The number of alkyl halides is 6. The van der Waals surface area contributed by atoms with E-state index in [1.165, 1.54) is 7.11 Å². The summed E-state index contributed by atoms with van der Waals surface area (Å²) in [5.74, 6) is -0.834. The van der Waals surface area contributed by atoms with Crippen molar-refractivity contribution >= 4 is 11.9 Å². The Morgan fingerprint density at radius 1 is 1.00 bits per heavy atom. The highest BCUT2D eigenvalue weighted by molar-refractivity contribution is 5.84.